The van der Waals surface area contributed by atoms with Crippen LogP contribution in [-0.4, -0.2) is 41.3 Å². The van der Waals surface area contributed by atoms with Gasteiger partial charge >= 0.3 is 0 Å². The highest BCUT2D eigenvalue weighted by atomic mass is 32.1. The van der Waals surface area contributed by atoms with E-state index in [-0.39, 0.29) is 6.04 Å². The molecule has 0 unspecified atom stereocenters. The van der Waals surface area contributed by atoms with E-state index in [4.69, 9.17) is 12.2 Å². The van der Waals surface area contributed by atoms with Crippen molar-refractivity contribution in [2.75, 3.05) is 31.1 Å². The van der Waals surface area contributed by atoms with E-state index in [1.807, 2.05) is 36.4 Å². The minimum atomic E-state index is 0.190. The summed E-state index contributed by atoms with van der Waals surface area (Å²) in [6.07, 6.45) is 0. The summed E-state index contributed by atoms with van der Waals surface area (Å²) in [5.41, 5.74) is 2.13. The van der Waals surface area contributed by atoms with E-state index in [2.05, 4.69) is 34.2 Å². The van der Waals surface area contributed by atoms with Gasteiger partial charge in [0.15, 0.2) is 5.11 Å². The van der Waals surface area contributed by atoms with Crippen LogP contribution in [0.1, 0.15) is 18.5 Å². The van der Waals surface area contributed by atoms with Crippen molar-refractivity contribution in [1.29, 1.82) is 0 Å². The number of phenols is 1. The Bertz CT molecular complexity index is 684. The summed E-state index contributed by atoms with van der Waals surface area (Å²) in [4.78, 5) is 4.40. The van der Waals surface area contributed by atoms with Crippen LogP contribution in [0.15, 0.2) is 54.6 Å². The number of hydrogen-bond donors (Lipinski definition) is 2. The first-order valence-electron chi connectivity index (χ1n) is 8.28. The lowest BCUT2D eigenvalue weighted by molar-refractivity contribution is 0.373. The third-order valence-electron chi connectivity index (χ3n) is 4.43. The monoisotopic (exact) mass is 341 g/mol. The van der Waals surface area contributed by atoms with Crippen LogP contribution in [0, 0.1) is 0 Å². The van der Waals surface area contributed by atoms with Gasteiger partial charge < -0.3 is 20.2 Å². The molecule has 0 radical (unpaired) electrons. The third-order valence-corrected chi connectivity index (χ3v) is 4.80. The van der Waals surface area contributed by atoms with Gasteiger partial charge in [0.1, 0.15) is 5.75 Å². The van der Waals surface area contributed by atoms with E-state index in [1.54, 1.807) is 6.07 Å². The predicted octanol–water partition coefficient (Wildman–Crippen LogP) is 3.15. The average molecular weight is 341 g/mol. The number of phenolic OH excluding ortho intramolecular Hbond substituents is 1. The summed E-state index contributed by atoms with van der Waals surface area (Å²) in [6.45, 7) is 5.52. The van der Waals surface area contributed by atoms with Gasteiger partial charge in [-0.25, -0.2) is 0 Å². The summed E-state index contributed by atoms with van der Waals surface area (Å²) in [6, 6.07) is 18.0. The topological polar surface area (TPSA) is 38.7 Å². The molecule has 4 nitrogen and oxygen atoms in total. The molecular weight excluding hydrogens is 318 g/mol. The first-order valence-corrected chi connectivity index (χ1v) is 8.69. The van der Waals surface area contributed by atoms with E-state index in [0.717, 1.165) is 37.0 Å². The zero-order valence-corrected chi connectivity index (χ0v) is 14.7. The van der Waals surface area contributed by atoms with Crippen molar-refractivity contribution < 1.29 is 5.11 Å². The maximum Gasteiger partial charge on any atom is 0.169 e. The molecule has 5 heteroatoms. The van der Waals surface area contributed by atoms with Crippen molar-refractivity contribution in [3.05, 3.63) is 60.2 Å². The van der Waals surface area contributed by atoms with Crippen molar-refractivity contribution in [3.8, 4) is 5.75 Å². The minimum absolute atomic E-state index is 0.190. The average Bonchev–Trinajstić information content (AvgIpc) is 2.63. The molecule has 0 saturated carbocycles. The van der Waals surface area contributed by atoms with Crippen molar-refractivity contribution in [2.45, 2.75) is 13.0 Å². The van der Waals surface area contributed by atoms with Crippen LogP contribution in [0.25, 0.3) is 0 Å². The number of nitrogens with one attached hydrogen (secondary N) is 1. The van der Waals surface area contributed by atoms with Gasteiger partial charge in [0.25, 0.3) is 0 Å². The Morgan fingerprint density at radius 3 is 2.29 bits per heavy atom. The summed E-state index contributed by atoms with van der Waals surface area (Å²) < 4.78 is 0. The van der Waals surface area contributed by atoms with Crippen LogP contribution in [0.4, 0.5) is 5.69 Å². The molecule has 0 aliphatic carbocycles. The normalized spacial score (nSPS) is 15.9. The van der Waals surface area contributed by atoms with Crippen LogP contribution in [0.3, 0.4) is 0 Å². The zero-order chi connectivity index (χ0) is 16.9. The van der Waals surface area contributed by atoms with Gasteiger partial charge in [-0.2, -0.15) is 0 Å². The number of thiocarbonyl (C=S) groups is 1. The maximum atomic E-state index is 9.99. The van der Waals surface area contributed by atoms with Crippen molar-refractivity contribution in [2.24, 2.45) is 0 Å². The maximum absolute atomic E-state index is 9.99. The zero-order valence-electron chi connectivity index (χ0n) is 13.9. The highest BCUT2D eigenvalue weighted by Crippen LogP contribution is 2.27. The lowest BCUT2D eigenvalue weighted by Gasteiger charge is -2.38. The molecular formula is C19H23N3OS. The second-order valence-electron chi connectivity index (χ2n) is 6.04. The first-order chi connectivity index (χ1) is 11.6. The predicted molar refractivity (Wildman–Crippen MR) is 102 cm³/mol. The Hall–Kier alpha value is -2.27. The Morgan fingerprint density at radius 1 is 1.00 bits per heavy atom. The van der Waals surface area contributed by atoms with Crippen molar-refractivity contribution in [1.82, 2.24) is 10.2 Å². The van der Waals surface area contributed by atoms with E-state index in [0.29, 0.717) is 5.75 Å². The molecule has 1 saturated heterocycles. The minimum Gasteiger partial charge on any atom is -0.506 e. The number of hydrogen-bond acceptors (Lipinski definition) is 3. The molecule has 0 spiro atoms. The molecule has 1 aliphatic rings. The molecule has 1 aliphatic heterocycles. The molecule has 3 rings (SSSR count). The van der Waals surface area contributed by atoms with Crippen LogP contribution >= 0.6 is 12.2 Å². The highest BCUT2D eigenvalue weighted by Gasteiger charge is 2.21. The molecule has 1 fully saturated rings. The Morgan fingerprint density at radius 2 is 1.62 bits per heavy atom. The fraction of sp³-hybridized carbons (Fsp3) is 0.316. The van der Waals surface area contributed by atoms with Crippen LogP contribution < -0.4 is 10.2 Å². The number of aromatic hydroxyl groups is 1. The molecule has 1 heterocycles. The molecule has 2 aromatic carbocycles. The Kier molecular flexibility index (Phi) is 5.20. The first kappa shape index (κ1) is 16.6. The number of nitrogens with zero attached hydrogens (tertiary/aromatic N) is 2. The Labute approximate surface area is 148 Å². The van der Waals surface area contributed by atoms with Gasteiger partial charge in [0.2, 0.25) is 0 Å². The number of piperazine rings is 1. The summed E-state index contributed by atoms with van der Waals surface area (Å²) in [5, 5.41) is 14.2. The van der Waals surface area contributed by atoms with Gasteiger partial charge in [0.05, 0.1) is 11.7 Å². The van der Waals surface area contributed by atoms with Gasteiger partial charge in [-0.15, -0.1) is 0 Å². The third kappa shape index (κ3) is 3.79. The molecule has 0 aromatic heterocycles. The second-order valence-corrected chi connectivity index (χ2v) is 6.43. The fourth-order valence-electron chi connectivity index (χ4n) is 2.98. The largest absolute Gasteiger partial charge is 0.506 e. The molecule has 2 N–H and O–H groups in total. The lowest BCUT2D eigenvalue weighted by Crippen LogP contribution is -2.52. The van der Waals surface area contributed by atoms with E-state index in [1.165, 1.54) is 5.56 Å². The molecule has 24 heavy (non-hydrogen) atoms. The second kappa shape index (κ2) is 7.53. The number of benzene rings is 2. The molecule has 126 valence electrons. The molecule has 2 aromatic rings. The highest BCUT2D eigenvalue weighted by molar-refractivity contribution is 7.80. The smallest absolute Gasteiger partial charge is 0.169 e. The quantitative estimate of drug-likeness (QED) is 0.839. The van der Waals surface area contributed by atoms with E-state index in [9.17, 15) is 5.11 Å². The van der Waals surface area contributed by atoms with Gasteiger partial charge in [-0.1, -0.05) is 42.5 Å². The van der Waals surface area contributed by atoms with Crippen molar-refractivity contribution in [3.63, 3.8) is 0 Å². The van der Waals surface area contributed by atoms with E-state index < -0.39 is 0 Å². The standard InChI is InChI=1S/C19H23N3OS/c1-15(16-7-3-2-4-8-16)20-19(24)22-13-11-21(12-14-22)17-9-5-6-10-18(17)23/h2-10,15,23H,11-14H2,1H3,(H,20,24)/t15-/m0/s1. The number of para-hydroxylation sites is 2. The fourth-order valence-corrected chi connectivity index (χ4v) is 3.34. The molecule has 0 bridgehead atoms. The van der Waals surface area contributed by atoms with Crippen LogP contribution in [-0.2, 0) is 0 Å². The van der Waals surface area contributed by atoms with Gasteiger partial charge in [-0.3, -0.25) is 0 Å². The lowest BCUT2D eigenvalue weighted by atomic mass is 10.1. The molecule has 0 amide bonds. The van der Waals surface area contributed by atoms with Crippen LogP contribution in [0.5, 0.6) is 5.75 Å². The molecule has 1 atom stereocenters. The summed E-state index contributed by atoms with van der Waals surface area (Å²) in [7, 11) is 0. The summed E-state index contributed by atoms with van der Waals surface area (Å²) in [5.74, 6) is 0.337. The van der Waals surface area contributed by atoms with Crippen LogP contribution in [0.2, 0.25) is 0 Å². The van der Waals surface area contributed by atoms with Gasteiger partial charge in [-0.05, 0) is 36.8 Å². The number of anilines is 1. The van der Waals surface area contributed by atoms with E-state index >= 15 is 0 Å². The SMILES string of the molecule is C[C@H](NC(=S)N1CCN(c2ccccc2O)CC1)c1ccccc1. The van der Waals surface area contributed by atoms with Crippen molar-refractivity contribution >= 4 is 23.0 Å². The number of rotatable bonds is 3. The van der Waals surface area contributed by atoms with Gasteiger partial charge in [0, 0.05) is 26.2 Å². The summed E-state index contributed by atoms with van der Waals surface area (Å²) >= 11 is 5.58. The Balaban J connectivity index is 1.55.